The molecule has 9 heteroatoms. The average molecular weight is 396 g/mol. The Morgan fingerprint density at radius 2 is 1.78 bits per heavy atom. The molecule has 0 fully saturated rings. The van der Waals surface area contributed by atoms with E-state index in [1.165, 1.54) is 55.5 Å². The summed E-state index contributed by atoms with van der Waals surface area (Å²) in [6.07, 6.45) is -0.804. The molecule has 0 saturated heterocycles. The Bertz CT molecular complexity index is 852. The van der Waals surface area contributed by atoms with Crippen molar-refractivity contribution in [1.82, 2.24) is 10.0 Å². The largest absolute Gasteiger partial charge is 0.492 e. The van der Waals surface area contributed by atoms with Gasteiger partial charge in [-0.1, -0.05) is 0 Å². The Labute approximate surface area is 157 Å². The van der Waals surface area contributed by atoms with Crippen molar-refractivity contribution in [3.63, 3.8) is 0 Å². The topological polar surface area (TPSA) is 105 Å². The van der Waals surface area contributed by atoms with Crippen LogP contribution >= 0.6 is 0 Å². The Kier molecular flexibility index (Phi) is 7.28. The lowest BCUT2D eigenvalue weighted by Gasteiger charge is -2.10. The van der Waals surface area contributed by atoms with Gasteiger partial charge in [0.1, 0.15) is 18.2 Å². The van der Waals surface area contributed by atoms with Crippen molar-refractivity contribution < 1.29 is 27.4 Å². The van der Waals surface area contributed by atoms with Gasteiger partial charge in [0.05, 0.1) is 17.5 Å². The van der Waals surface area contributed by atoms with E-state index >= 15 is 0 Å². The Hall–Kier alpha value is -2.49. The zero-order valence-electron chi connectivity index (χ0n) is 14.7. The number of aliphatic hydroxyl groups excluding tert-OH is 1. The number of hydrogen-bond acceptors (Lipinski definition) is 5. The second kappa shape index (κ2) is 9.45. The van der Waals surface area contributed by atoms with E-state index in [-0.39, 0.29) is 36.3 Å². The van der Waals surface area contributed by atoms with Crippen LogP contribution in [0.2, 0.25) is 0 Å². The van der Waals surface area contributed by atoms with E-state index in [2.05, 4.69) is 10.0 Å². The molecule has 146 valence electrons. The van der Waals surface area contributed by atoms with Gasteiger partial charge in [-0.15, -0.1) is 0 Å². The Balaban J connectivity index is 1.83. The van der Waals surface area contributed by atoms with E-state index < -0.39 is 16.1 Å². The fourth-order valence-electron chi connectivity index (χ4n) is 2.07. The van der Waals surface area contributed by atoms with Crippen LogP contribution in [0.15, 0.2) is 53.4 Å². The van der Waals surface area contributed by atoms with Gasteiger partial charge >= 0.3 is 0 Å². The molecule has 0 aliphatic carbocycles. The number of nitrogens with one attached hydrogen (secondary N) is 2. The molecule has 0 aliphatic heterocycles. The highest BCUT2D eigenvalue weighted by Crippen LogP contribution is 2.12. The molecule has 2 aromatic carbocycles. The van der Waals surface area contributed by atoms with E-state index in [1.54, 1.807) is 0 Å². The Morgan fingerprint density at radius 3 is 2.37 bits per heavy atom. The predicted molar refractivity (Wildman–Crippen MR) is 97.5 cm³/mol. The minimum Gasteiger partial charge on any atom is -0.492 e. The maximum atomic E-state index is 12.8. The lowest BCUT2D eigenvalue weighted by molar-refractivity contribution is 0.0947. The molecule has 0 aromatic heterocycles. The molecule has 0 radical (unpaired) electrons. The summed E-state index contributed by atoms with van der Waals surface area (Å²) in [5, 5.41) is 11.8. The zero-order chi connectivity index (χ0) is 19.9. The predicted octanol–water partition coefficient (Wildman–Crippen LogP) is 1.29. The highest BCUT2D eigenvalue weighted by Gasteiger charge is 2.15. The van der Waals surface area contributed by atoms with Crippen LogP contribution in [0.25, 0.3) is 0 Å². The molecule has 0 heterocycles. The van der Waals surface area contributed by atoms with Crippen molar-refractivity contribution in [2.45, 2.75) is 17.9 Å². The van der Waals surface area contributed by atoms with E-state index in [1.807, 2.05) is 0 Å². The molecular weight excluding hydrogens is 375 g/mol. The number of halogens is 1. The molecule has 0 aliphatic rings. The molecule has 2 rings (SSSR count). The zero-order valence-corrected chi connectivity index (χ0v) is 15.5. The van der Waals surface area contributed by atoms with Gasteiger partial charge in [0.25, 0.3) is 5.91 Å². The van der Waals surface area contributed by atoms with E-state index in [4.69, 9.17) is 9.84 Å². The van der Waals surface area contributed by atoms with E-state index in [0.29, 0.717) is 11.3 Å². The van der Waals surface area contributed by atoms with Crippen molar-refractivity contribution >= 4 is 15.9 Å². The smallest absolute Gasteiger partial charge is 0.251 e. The molecule has 7 nitrogen and oxygen atoms in total. The molecule has 0 spiro atoms. The van der Waals surface area contributed by atoms with Crippen molar-refractivity contribution in [2.24, 2.45) is 0 Å². The summed E-state index contributed by atoms with van der Waals surface area (Å²) in [6, 6.07) is 11.0. The molecule has 27 heavy (non-hydrogen) atoms. The number of rotatable bonds is 9. The molecular formula is C18H21FN2O5S. The van der Waals surface area contributed by atoms with Crippen LogP contribution in [0.4, 0.5) is 4.39 Å². The van der Waals surface area contributed by atoms with E-state index in [9.17, 15) is 17.6 Å². The van der Waals surface area contributed by atoms with E-state index in [0.717, 1.165) is 0 Å². The SMILES string of the molecule is CC(O)CNS(=O)(=O)c1ccc(C(=O)NCCOc2ccc(F)cc2)cc1. The molecule has 1 atom stereocenters. The standard InChI is InChI=1S/C18H21FN2O5S/c1-13(22)12-21-27(24,25)17-8-2-14(3-9-17)18(23)20-10-11-26-16-6-4-15(19)5-7-16/h2-9,13,21-22H,10-12H2,1H3,(H,20,23). The summed E-state index contributed by atoms with van der Waals surface area (Å²) in [5.74, 6) is -0.245. The lowest BCUT2D eigenvalue weighted by Crippen LogP contribution is -2.31. The van der Waals surface area contributed by atoms with Crippen LogP contribution in [0.3, 0.4) is 0 Å². The first-order chi connectivity index (χ1) is 12.8. The van der Waals surface area contributed by atoms with Crippen LogP contribution in [-0.2, 0) is 10.0 Å². The summed E-state index contributed by atoms with van der Waals surface area (Å²) in [6.45, 7) is 1.80. The van der Waals surface area contributed by atoms with Gasteiger partial charge in [-0.2, -0.15) is 0 Å². The normalized spacial score (nSPS) is 12.4. The Morgan fingerprint density at radius 1 is 1.15 bits per heavy atom. The monoisotopic (exact) mass is 396 g/mol. The number of carbonyl (C=O) groups is 1. The summed E-state index contributed by atoms with van der Waals surface area (Å²) in [7, 11) is -3.74. The number of benzene rings is 2. The van der Waals surface area contributed by atoms with Gasteiger partial charge in [-0.05, 0) is 55.5 Å². The summed E-state index contributed by atoms with van der Waals surface area (Å²) in [5.41, 5.74) is 0.297. The summed E-state index contributed by atoms with van der Waals surface area (Å²) < 4.78 is 44.5. The number of carbonyl (C=O) groups excluding carboxylic acids is 1. The third-order valence-electron chi connectivity index (χ3n) is 3.47. The number of amides is 1. The second-order valence-corrected chi connectivity index (χ2v) is 7.55. The third-order valence-corrected chi connectivity index (χ3v) is 4.91. The first kappa shape index (κ1) is 20.8. The fourth-order valence-corrected chi connectivity index (χ4v) is 3.19. The highest BCUT2D eigenvalue weighted by atomic mass is 32.2. The quantitative estimate of drug-likeness (QED) is 0.554. The van der Waals surface area contributed by atoms with Gasteiger partial charge in [0.15, 0.2) is 0 Å². The maximum absolute atomic E-state index is 12.8. The number of sulfonamides is 1. The summed E-state index contributed by atoms with van der Waals surface area (Å²) >= 11 is 0. The van der Waals surface area contributed by atoms with Crippen molar-refractivity contribution in [3.05, 3.63) is 59.9 Å². The minimum atomic E-state index is -3.74. The molecule has 1 amide bonds. The average Bonchev–Trinajstić information content (AvgIpc) is 2.65. The van der Waals surface area contributed by atoms with Crippen LogP contribution in [0, 0.1) is 5.82 Å². The van der Waals surface area contributed by atoms with Crippen molar-refractivity contribution in [1.29, 1.82) is 0 Å². The van der Waals surface area contributed by atoms with Gasteiger partial charge < -0.3 is 15.2 Å². The lowest BCUT2D eigenvalue weighted by atomic mass is 10.2. The highest BCUT2D eigenvalue weighted by molar-refractivity contribution is 7.89. The van der Waals surface area contributed by atoms with Crippen molar-refractivity contribution in [3.8, 4) is 5.75 Å². The van der Waals surface area contributed by atoms with Crippen LogP contribution in [0.1, 0.15) is 17.3 Å². The van der Waals surface area contributed by atoms with Crippen molar-refractivity contribution in [2.75, 3.05) is 19.7 Å². The first-order valence-corrected chi connectivity index (χ1v) is 9.70. The number of hydrogen-bond donors (Lipinski definition) is 3. The molecule has 0 saturated carbocycles. The fraction of sp³-hybridized carbons (Fsp3) is 0.278. The second-order valence-electron chi connectivity index (χ2n) is 5.78. The van der Waals surface area contributed by atoms with Crippen LogP contribution in [0.5, 0.6) is 5.75 Å². The number of ether oxygens (including phenoxy) is 1. The van der Waals surface area contributed by atoms with Crippen LogP contribution in [-0.4, -0.2) is 45.2 Å². The molecule has 1 unspecified atom stereocenters. The summed E-state index contributed by atoms with van der Waals surface area (Å²) in [4.78, 5) is 12.1. The molecule has 3 N–H and O–H groups in total. The number of aliphatic hydroxyl groups is 1. The van der Waals surface area contributed by atoms with Gasteiger partial charge in [-0.3, -0.25) is 4.79 Å². The van der Waals surface area contributed by atoms with Gasteiger partial charge in [-0.25, -0.2) is 17.5 Å². The third kappa shape index (κ3) is 6.63. The minimum absolute atomic E-state index is 0.000608. The van der Waals surface area contributed by atoms with Gasteiger partial charge in [0.2, 0.25) is 10.0 Å². The molecule has 0 bridgehead atoms. The first-order valence-electron chi connectivity index (χ1n) is 8.22. The van der Waals surface area contributed by atoms with Crippen LogP contribution < -0.4 is 14.8 Å². The molecule has 2 aromatic rings. The van der Waals surface area contributed by atoms with Gasteiger partial charge in [0, 0.05) is 12.1 Å². The maximum Gasteiger partial charge on any atom is 0.251 e.